The number of anilines is 1. The number of aryl methyl sites for hydroxylation is 1. The summed E-state index contributed by atoms with van der Waals surface area (Å²) < 4.78 is 26.6. The van der Waals surface area contributed by atoms with Crippen LogP contribution in [0.4, 0.5) is 10.1 Å². The van der Waals surface area contributed by atoms with E-state index in [-0.39, 0.29) is 16.4 Å². The number of nitrogens with one attached hydrogen (secondary N) is 1. The molecular formula is C26H20FIN2O4S. The third kappa shape index (κ3) is 5.35. The lowest BCUT2D eigenvalue weighted by molar-refractivity contribution is -0.122. The maximum Gasteiger partial charge on any atom is 0.270 e. The smallest absolute Gasteiger partial charge is 0.270 e. The standard InChI is InChI=1S/C26H20FIN2O4S/c1-15-6-5-7-16(10-15)14-34-23-20(28)12-17(13-22(23)33-2)11-18-24(31)29-26(35)30(25(18)32)21-9-4-3-8-19(21)27/h3-13H,14H2,1-2H3,(H,29,31,35)/b18-11+. The second-order valence-corrected chi connectivity index (χ2v) is 9.27. The number of hydrogen-bond donors (Lipinski definition) is 1. The Morgan fingerprint density at radius 1 is 1.11 bits per heavy atom. The van der Waals surface area contributed by atoms with E-state index < -0.39 is 17.6 Å². The lowest BCUT2D eigenvalue weighted by atomic mass is 10.1. The number of thiocarbonyl (C=S) groups is 1. The Bertz CT molecular complexity index is 1380. The van der Waals surface area contributed by atoms with Gasteiger partial charge in [-0.25, -0.2) is 9.29 Å². The Kier molecular flexibility index (Phi) is 7.46. The predicted molar refractivity (Wildman–Crippen MR) is 144 cm³/mol. The molecular weight excluding hydrogens is 582 g/mol. The minimum atomic E-state index is -0.724. The summed E-state index contributed by atoms with van der Waals surface area (Å²) in [6.45, 7) is 2.36. The van der Waals surface area contributed by atoms with Crippen LogP contribution in [0.1, 0.15) is 16.7 Å². The maximum atomic E-state index is 14.4. The van der Waals surface area contributed by atoms with Gasteiger partial charge in [-0.1, -0.05) is 42.0 Å². The zero-order valence-corrected chi connectivity index (χ0v) is 21.8. The van der Waals surface area contributed by atoms with E-state index in [1.807, 2.05) is 31.2 Å². The summed E-state index contributed by atoms with van der Waals surface area (Å²) in [5.74, 6) is -1.03. The van der Waals surface area contributed by atoms with Crippen LogP contribution in [0.2, 0.25) is 0 Å². The van der Waals surface area contributed by atoms with Crippen molar-refractivity contribution < 1.29 is 23.5 Å². The van der Waals surface area contributed by atoms with Gasteiger partial charge in [0.1, 0.15) is 18.0 Å². The van der Waals surface area contributed by atoms with E-state index in [1.165, 1.54) is 31.4 Å². The van der Waals surface area contributed by atoms with E-state index in [2.05, 4.69) is 27.9 Å². The molecule has 1 fully saturated rings. The molecule has 0 spiro atoms. The number of amides is 2. The predicted octanol–water partition coefficient (Wildman–Crippen LogP) is 5.16. The van der Waals surface area contributed by atoms with Crippen molar-refractivity contribution in [3.63, 3.8) is 0 Å². The highest BCUT2D eigenvalue weighted by Gasteiger charge is 2.35. The highest BCUT2D eigenvalue weighted by Crippen LogP contribution is 2.35. The first-order chi connectivity index (χ1) is 16.8. The van der Waals surface area contributed by atoms with Crippen molar-refractivity contribution in [1.29, 1.82) is 0 Å². The Balaban J connectivity index is 1.65. The van der Waals surface area contributed by atoms with Crippen LogP contribution < -0.4 is 19.7 Å². The summed E-state index contributed by atoms with van der Waals surface area (Å²) in [7, 11) is 1.51. The normalized spacial score (nSPS) is 14.8. The Labute approximate surface area is 220 Å². The van der Waals surface area contributed by atoms with Crippen LogP contribution in [0.15, 0.2) is 66.2 Å². The van der Waals surface area contributed by atoms with Gasteiger partial charge < -0.3 is 9.47 Å². The first-order valence-corrected chi connectivity index (χ1v) is 12.0. The number of ether oxygens (including phenoxy) is 2. The number of carbonyl (C=O) groups excluding carboxylic acids is 2. The molecule has 35 heavy (non-hydrogen) atoms. The molecule has 6 nitrogen and oxygen atoms in total. The van der Waals surface area contributed by atoms with Crippen molar-refractivity contribution in [1.82, 2.24) is 5.32 Å². The molecule has 1 heterocycles. The van der Waals surface area contributed by atoms with E-state index >= 15 is 0 Å². The highest BCUT2D eigenvalue weighted by molar-refractivity contribution is 14.1. The summed E-state index contributed by atoms with van der Waals surface area (Å²) in [4.78, 5) is 26.8. The highest BCUT2D eigenvalue weighted by atomic mass is 127. The molecule has 0 radical (unpaired) electrons. The minimum absolute atomic E-state index is 0.0412. The van der Waals surface area contributed by atoms with Crippen LogP contribution in [0.3, 0.4) is 0 Å². The summed E-state index contributed by atoms with van der Waals surface area (Å²) in [5, 5.41) is 2.27. The van der Waals surface area contributed by atoms with Crippen molar-refractivity contribution in [2.24, 2.45) is 0 Å². The van der Waals surface area contributed by atoms with Gasteiger partial charge in [0.15, 0.2) is 16.6 Å². The van der Waals surface area contributed by atoms with E-state index in [9.17, 15) is 14.0 Å². The molecule has 9 heteroatoms. The van der Waals surface area contributed by atoms with Crippen LogP contribution in [-0.2, 0) is 16.2 Å². The molecule has 178 valence electrons. The van der Waals surface area contributed by atoms with Crippen molar-refractivity contribution >= 4 is 63.5 Å². The molecule has 2 amide bonds. The lowest BCUT2D eigenvalue weighted by Gasteiger charge is -2.29. The third-order valence-electron chi connectivity index (χ3n) is 5.22. The second-order valence-electron chi connectivity index (χ2n) is 7.72. The fourth-order valence-electron chi connectivity index (χ4n) is 3.60. The number of halogens is 2. The molecule has 1 N–H and O–H groups in total. The molecule has 0 aliphatic carbocycles. The number of rotatable bonds is 6. The number of nitrogens with zero attached hydrogens (tertiary/aromatic N) is 1. The van der Waals surface area contributed by atoms with Gasteiger partial charge >= 0.3 is 0 Å². The molecule has 1 aliphatic heterocycles. The largest absolute Gasteiger partial charge is 0.493 e. The maximum absolute atomic E-state index is 14.4. The van der Waals surface area contributed by atoms with Crippen molar-refractivity contribution in [2.45, 2.75) is 13.5 Å². The van der Waals surface area contributed by atoms with Gasteiger partial charge in [0.2, 0.25) is 0 Å². The van der Waals surface area contributed by atoms with Gasteiger partial charge in [0, 0.05) is 0 Å². The average molecular weight is 602 g/mol. The van der Waals surface area contributed by atoms with Crippen LogP contribution in [0.25, 0.3) is 6.08 Å². The van der Waals surface area contributed by atoms with Crippen LogP contribution >= 0.6 is 34.8 Å². The summed E-state index contributed by atoms with van der Waals surface area (Å²) in [5.41, 5.74) is 2.46. The van der Waals surface area contributed by atoms with Crippen LogP contribution in [0.5, 0.6) is 11.5 Å². The summed E-state index contributed by atoms with van der Waals surface area (Å²) >= 11 is 7.25. The summed E-state index contributed by atoms with van der Waals surface area (Å²) in [6.07, 6.45) is 1.42. The topological polar surface area (TPSA) is 67.9 Å². The SMILES string of the molecule is COc1cc(/C=C2\C(=O)NC(=S)N(c3ccccc3F)C2=O)cc(I)c1OCc1cccc(C)c1. The van der Waals surface area contributed by atoms with Crippen LogP contribution in [-0.4, -0.2) is 24.0 Å². The lowest BCUT2D eigenvalue weighted by Crippen LogP contribution is -2.54. The van der Waals surface area contributed by atoms with Crippen LogP contribution in [0, 0.1) is 16.3 Å². The van der Waals surface area contributed by atoms with Gasteiger partial charge in [-0.3, -0.25) is 14.9 Å². The van der Waals surface area contributed by atoms with Crippen molar-refractivity contribution in [2.75, 3.05) is 12.0 Å². The molecule has 1 saturated heterocycles. The van der Waals surface area contributed by atoms with E-state index in [1.54, 1.807) is 18.2 Å². The van der Waals surface area contributed by atoms with Gasteiger partial charge in [0.05, 0.1) is 16.4 Å². The second kappa shape index (κ2) is 10.5. The number of carbonyl (C=O) groups is 2. The quantitative estimate of drug-likeness (QED) is 0.183. The summed E-state index contributed by atoms with van der Waals surface area (Å²) in [6, 6.07) is 17.1. The van der Waals surface area contributed by atoms with Gasteiger partial charge in [0.25, 0.3) is 11.8 Å². The van der Waals surface area contributed by atoms with Gasteiger partial charge in [-0.2, -0.15) is 0 Å². The Hall–Kier alpha value is -3.31. The third-order valence-corrected chi connectivity index (χ3v) is 6.31. The zero-order chi connectivity index (χ0) is 25.1. The van der Waals surface area contributed by atoms with Crippen molar-refractivity contribution in [3.05, 3.63) is 92.3 Å². The molecule has 3 aromatic rings. The fourth-order valence-corrected chi connectivity index (χ4v) is 4.65. The molecule has 3 aromatic carbocycles. The molecule has 0 bridgehead atoms. The Morgan fingerprint density at radius 2 is 1.89 bits per heavy atom. The minimum Gasteiger partial charge on any atom is -0.493 e. The zero-order valence-electron chi connectivity index (χ0n) is 18.8. The first kappa shape index (κ1) is 24.8. The monoisotopic (exact) mass is 602 g/mol. The molecule has 0 unspecified atom stereocenters. The first-order valence-electron chi connectivity index (χ1n) is 10.5. The number of hydrogen-bond acceptors (Lipinski definition) is 5. The Morgan fingerprint density at radius 3 is 2.60 bits per heavy atom. The molecule has 0 atom stereocenters. The molecule has 0 aromatic heterocycles. The van der Waals surface area contributed by atoms with E-state index in [4.69, 9.17) is 21.7 Å². The number of methoxy groups -OCH3 is 1. The number of para-hydroxylation sites is 1. The van der Waals surface area contributed by atoms with Gasteiger partial charge in [-0.05, 0) is 83.2 Å². The van der Waals surface area contributed by atoms with E-state index in [0.29, 0.717) is 23.7 Å². The molecule has 1 aliphatic rings. The van der Waals surface area contributed by atoms with E-state index in [0.717, 1.165) is 19.6 Å². The fraction of sp³-hybridized carbons (Fsp3) is 0.115. The average Bonchev–Trinajstić information content (AvgIpc) is 2.82. The van der Waals surface area contributed by atoms with Gasteiger partial charge in [-0.15, -0.1) is 0 Å². The molecule has 0 saturated carbocycles. The molecule has 4 rings (SSSR count). The number of benzene rings is 3. The van der Waals surface area contributed by atoms with Crippen molar-refractivity contribution in [3.8, 4) is 11.5 Å².